The molecule has 3 N–H and O–H groups in total. The Labute approximate surface area is 83.9 Å². The topological polar surface area (TPSA) is 83.1 Å². The number of nitrogens with one attached hydrogen (secondary N) is 1. The Bertz CT molecular complexity index is 226. The maximum absolute atomic E-state index is 11.5. The number of rotatable bonds is 4. The number of carbonyl (C=O) groups is 1. The summed E-state index contributed by atoms with van der Waals surface area (Å²) in [6, 6.07) is 0. The summed E-state index contributed by atoms with van der Waals surface area (Å²) in [6.45, 7) is 6.58. The van der Waals surface area contributed by atoms with Crippen molar-refractivity contribution in [3.05, 3.63) is 0 Å². The van der Waals surface area contributed by atoms with E-state index in [-0.39, 0.29) is 11.7 Å². The predicted octanol–water partition coefficient (Wildman–Crippen LogP) is -0.973. The van der Waals surface area contributed by atoms with Crippen LogP contribution >= 0.6 is 0 Å². The first kappa shape index (κ1) is 12.6. The highest BCUT2D eigenvalue weighted by Gasteiger charge is 2.15. The Morgan fingerprint density at radius 2 is 2.29 bits per heavy atom. The van der Waals surface area contributed by atoms with Crippen molar-refractivity contribution in [2.24, 2.45) is 15.8 Å². The van der Waals surface area contributed by atoms with E-state index in [1.165, 1.54) is 12.1 Å². The molecule has 0 fully saturated rings. The van der Waals surface area contributed by atoms with Crippen molar-refractivity contribution in [3.63, 3.8) is 0 Å². The van der Waals surface area contributed by atoms with E-state index >= 15 is 0 Å². The molecule has 0 saturated heterocycles. The highest BCUT2D eigenvalue weighted by Crippen LogP contribution is 1.92. The van der Waals surface area contributed by atoms with Crippen LogP contribution in [0.2, 0.25) is 0 Å². The number of amidine groups is 1. The molecule has 80 valence electrons. The van der Waals surface area contributed by atoms with Crippen LogP contribution in [-0.2, 0) is 4.79 Å². The molecule has 0 aromatic rings. The first-order valence-electron chi connectivity index (χ1n) is 4.40. The third kappa shape index (κ3) is 3.53. The number of hydrazone groups is 1. The molecule has 0 rings (SSSR count). The average molecular weight is 199 g/mol. The molecule has 0 bridgehead atoms. The van der Waals surface area contributed by atoms with Gasteiger partial charge in [0.15, 0.2) is 0 Å². The molecule has 0 heterocycles. The van der Waals surface area contributed by atoms with Gasteiger partial charge in [0.1, 0.15) is 0 Å². The van der Waals surface area contributed by atoms with Crippen LogP contribution in [0.25, 0.3) is 0 Å². The fourth-order valence-electron chi connectivity index (χ4n) is 0.916. The summed E-state index contributed by atoms with van der Waals surface area (Å²) < 4.78 is 0. The minimum Gasteiger partial charge on any atom is -0.348 e. The van der Waals surface area contributed by atoms with E-state index in [0.717, 1.165) is 0 Å². The maximum Gasteiger partial charge on any atom is 0.288 e. The van der Waals surface area contributed by atoms with Crippen LogP contribution in [0.4, 0.5) is 0 Å². The number of aliphatic imine (C=N–C) groups is 1. The molecule has 0 atom stereocenters. The first-order chi connectivity index (χ1) is 6.71. The number of hydrogen-bond acceptors (Lipinski definition) is 4. The zero-order valence-electron chi connectivity index (χ0n) is 8.66. The maximum atomic E-state index is 11.5. The SMILES string of the molecule is C=NN(CC)C(=NC)C(=O)NCCN. The lowest BCUT2D eigenvalue weighted by Gasteiger charge is -2.17. The van der Waals surface area contributed by atoms with Gasteiger partial charge < -0.3 is 11.1 Å². The Balaban J connectivity index is 4.40. The lowest BCUT2D eigenvalue weighted by atomic mass is 10.4. The van der Waals surface area contributed by atoms with Gasteiger partial charge in [0, 0.05) is 33.4 Å². The molecule has 0 aromatic heterocycles. The largest absolute Gasteiger partial charge is 0.348 e. The van der Waals surface area contributed by atoms with Gasteiger partial charge >= 0.3 is 0 Å². The van der Waals surface area contributed by atoms with Gasteiger partial charge in [-0.1, -0.05) is 0 Å². The molecule has 0 aliphatic heterocycles. The monoisotopic (exact) mass is 199 g/mol. The lowest BCUT2D eigenvalue weighted by Crippen LogP contribution is -2.42. The molecule has 0 aliphatic rings. The van der Waals surface area contributed by atoms with E-state index in [9.17, 15) is 4.79 Å². The second-order valence-electron chi connectivity index (χ2n) is 2.45. The van der Waals surface area contributed by atoms with Crippen LogP contribution in [0.5, 0.6) is 0 Å². The molecule has 0 unspecified atom stereocenters. The highest BCUT2D eigenvalue weighted by molar-refractivity contribution is 6.37. The van der Waals surface area contributed by atoms with Gasteiger partial charge in [-0.05, 0) is 6.92 Å². The molecule has 0 aliphatic carbocycles. The summed E-state index contributed by atoms with van der Waals surface area (Å²) in [4.78, 5) is 15.3. The molecule has 6 nitrogen and oxygen atoms in total. The van der Waals surface area contributed by atoms with Crippen molar-refractivity contribution in [1.29, 1.82) is 0 Å². The lowest BCUT2D eigenvalue weighted by molar-refractivity contribution is -0.115. The summed E-state index contributed by atoms with van der Waals surface area (Å²) >= 11 is 0. The zero-order valence-corrected chi connectivity index (χ0v) is 8.66. The van der Waals surface area contributed by atoms with Crippen LogP contribution in [0, 0.1) is 0 Å². The van der Waals surface area contributed by atoms with Gasteiger partial charge in [-0.15, -0.1) is 0 Å². The normalized spacial score (nSPS) is 10.9. The molecule has 0 saturated carbocycles. The van der Waals surface area contributed by atoms with Gasteiger partial charge in [0.2, 0.25) is 5.84 Å². The predicted molar refractivity (Wildman–Crippen MR) is 57.4 cm³/mol. The van der Waals surface area contributed by atoms with E-state index in [1.54, 1.807) is 0 Å². The van der Waals surface area contributed by atoms with Crippen molar-refractivity contribution in [3.8, 4) is 0 Å². The summed E-state index contributed by atoms with van der Waals surface area (Å²) in [5.41, 5.74) is 5.26. The molecule has 0 spiro atoms. The van der Waals surface area contributed by atoms with Crippen molar-refractivity contribution >= 4 is 18.5 Å². The van der Waals surface area contributed by atoms with Gasteiger partial charge in [-0.3, -0.25) is 9.79 Å². The summed E-state index contributed by atoms with van der Waals surface area (Å²) in [6.07, 6.45) is 0. The molecular formula is C8H17N5O. The van der Waals surface area contributed by atoms with Crippen molar-refractivity contribution in [2.45, 2.75) is 6.92 Å². The Morgan fingerprint density at radius 1 is 1.64 bits per heavy atom. The third-order valence-corrected chi connectivity index (χ3v) is 1.56. The fraction of sp³-hybridized carbons (Fsp3) is 0.625. The van der Waals surface area contributed by atoms with Crippen LogP contribution < -0.4 is 11.1 Å². The Morgan fingerprint density at radius 3 is 2.64 bits per heavy atom. The van der Waals surface area contributed by atoms with Crippen molar-refractivity contribution < 1.29 is 4.79 Å². The van der Waals surface area contributed by atoms with E-state index in [0.29, 0.717) is 19.6 Å². The van der Waals surface area contributed by atoms with Crippen LogP contribution in [-0.4, -0.2) is 50.2 Å². The molecule has 6 heteroatoms. The van der Waals surface area contributed by atoms with E-state index in [2.05, 4.69) is 22.1 Å². The number of nitrogens with zero attached hydrogens (tertiary/aromatic N) is 3. The van der Waals surface area contributed by atoms with E-state index < -0.39 is 0 Å². The standard InChI is InChI=1S/C8H17N5O/c1-4-13(11-3)7(10-2)8(14)12-6-5-9/h3-6,9H2,1-2H3,(H,12,14). The summed E-state index contributed by atoms with van der Waals surface area (Å²) in [5, 5.41) is 7.70. The fourth-order valence-corrected chi connectivity index (χ4v) is 0.916. The second kappa shape index (κ2) is 7.02. The second-order valence-corrected chi connectivity index (χ2v) is 2.45. The summed E-state index contributed by atoms with van der Waals surface area (Å²) in [7, 11) is 1.53. The van der Waals surface area contributed by atoms with Gasteiger partial charge in [0.05, 0.1) is 0 Å². The van der Waals surface area contributed by atoms with Crippen molar-refractivity contribution in [2.75, 3.05) is 26.7 Å². The van der Waals surface area contributed by atoms with Gasteiger partial charge in [0.25, 0.3) is 5.91 Å². The molecule has 0 radical (unpaired) electrons. The first-order valence-corrected chi connectivity index (χ1v) is 4.40. The van der Waals surface area contributed by atoms with E-state index in [1.807, 2.05) is 6.92 Å². The summed E-state index contributed by atoms with van der Waals surface area (Å²) in [5.74, 6) is -0.0387. The number of likely N-dealkylation sites (N-methyl/N-ethyl adjacent to an activating group) is 1. The quantitative estimate of drug-likeness (QED) is 0.347. The van der Waals surface area contributed by atoms with E-state index in [4.69, 9.17) is 5.73 Å². The third-order valence-electron chi connectivity index (χ3n) is 1.56. The number of carbonyl (C=O) groups excluding carboxylic acids is 1. The zero-order chi connectivity index (χ0) is 11.0. The average Bonchev–Trinajstić information content (AvgIpc) is 2.22. The Hall–Kier alpha value is -1.43. The minimum atomic E-state index is -0.285. The minimum absolute atomic E-state index is 0.246. The number of hydrogen-bond donors (Lipinski definition) is 2. The molecule has 0 aromatic carbocycles. The van der Waals surface area contributed by atoms with Gasteiger partial charge in [-0.25, -0.2) is 5.01 Å². The number of nitrogens with two attached hydrogens (primary N) is 1. The smallest absolute Gasteiger partial charge is 0.288 e. The van der Waals surface area contributed by atoms with Crippen LogP contribution in [0.15, 0.2) is 10.1 Å². The van der Waals surface area contributed by atoms with Crippen LogP contribution in [0.3, 0.4) is 0 Å². The molecular weight excluding hydrogens is 182 g/mol. The highest BCUT2D eigenvalue weighted by atomic mass is 16.2. The van der Waals surface area contributed by atoms with Gasteiger partial charge in [-0.2, -0.15) is 5.10 Å². The molecule has 14 heavy (non-hydrogen) atoms. The van der Waals surface area contributed by atoms with Crippen molar-refractivity contribution in [1.82, 2.24) is 10.3 Å². The Kier molecular flexibility index (Phi) is 6.30. The van der Waals surface area contributed by atoms with Crippen LogP contribution in [0.1, 0.15) is 6.92 Å². The molecule has 1 amide bonds. The number of amides is 1.